The molecule has 10 nitrogen and oxygen atoms in total. The summed E-state index contributed by atoms with van der Waals surface area (Å²) in [5.41, 5.74) is 0.753. The molecule has 210 valence electrons. The minimum atomic E-state index is -4.50. The molecule has 3 aliphatic rings. The lowest BCUT2D eigenvalue weighted by molar-refractivity contribution is -0.183. The van der Waals surface area contributed by atoms with Gasteiger partial charge in [-0.1, -0.05) is 18.2 Å². The van der Waals surface area contributed by atoms with Crippen LogP contribution in [0.4, 0.5) is 18.9 Å². The van der Waals surface area contributed by atoms with Gasteiger partial charge in [0.15, 0.2) is 5.65 Å². The first-order valence-electron chi connectivity index (χ1n) is 13.2. The molecule has 0 bridgehead atoms. The fraction of sp³-hybridized carbons (Fsp3) is 0.444. The molecule has 2 aromatic heterocycles. The maximum Gasteiger partial charge on any atom is 0.408 e. The number of piperidine rings is 1. The molecule has 6 rings (SSSR count). The molecule has 3 aliphatic heterocycles. The standard InChI is InChI=1S/C27H28F3N7O3/c28-27(29,30)21-7-4-10-36(21)22(38)16-35-17-37(20-5-2-1-3-6-20)26(25(35)40)8-11-34(12-9-26)24(39)19-13-18-15-32-33-23(18)31-14-19/h1-3,5-6,13-15,21H,4,7-12,16-17H2,(H,31,32,33)/t21-/m1/s1. The van der Waals surface area contributed by atoms with Crippen LogP contribution in [0.3, 0.4) is 0 Å². The molecule has 3 saturated heterocycles. The van der Waals surface area contributed by atoms with Crippen LogP contribution in [0.15, 0.2) is 48.8 Å². The Labute approximate surface area is 227 Å². The monoisotopic (exact) mass is 555 g/mol. The molecule has 40 heavy (non-hydrogen) atoms. The topological polar surface area (TPSA) is 106 Å². The number of nitrogens with one attached hydrogen (secondary N) is 1. The van der Waals surface area contributed by atoms with E-state index < -0.39 is 30.2 Å². The molecule has 0 radical (unpaired) electrons. The number of carbonyl (C=O) groups is 3. The first kappa shape index (κ1) is 26.1. The highest BCUT2D eigenvalue weighted by Crippen LogP contribution is 2.40. The van der Waals surface area contributed by atoms with Crippen LogP contribution in [-0.2, 0) is 9.59 Å². The summed E-state index contributed by atoms with van der Waals surface area (Å²) in [6, 6.07) is 9.17. The van der Waals surface area contributed by atoms with Gasteiger partial charge in [-0.2, -0.15) is 18.3 Å². The number of H-pyrrole nitrogens is 1. The molecule has 1 atom stereocenters. The first-order valence-corrected chi connectivity index (χ1v) is 13.2. The van der Waals surface area contributed by atoms with Crippen molar-refractivity contribution in [2.45, 2.75) is 43.4 Å². The lowest BCUT2D eigenvalue weighted by Crippen LogP contribution is -2.57. The third-order valence-electron chi connectivity index (χ3n) is 8.28. The van der Waals surface area contributed by atoms with Gasteiger partial charge >= 0.3 is 6.18 Å². The van der Waals surface area contributed by atoms with Gasteiger partial charge in [-0.15, -0.1) is 0 Å². The smallest absolute Gasteiger partial charge is 0.339 e. The van der Waals surface area contributed by atoms with Gasteiger partial charge in [0.1, 0.15) is 18.1 Å². The number of aromatic amines is 1. The molecule has 5 heterocycles. The fourth-order valence-corrected chi connectivity index (χ4v) is 6.20. The van der Waals surface area contributed by atoms with Crippen molar-refractivity contribution in [2.24, 2.45) is 0 Å². The third-order valence-corrected chi connectivity index (χ3v) is 8.28. The zero-order chi connectivity index (χ0) is 28.1. The Kier molecular flexibility index (Phi) is 6.38. The van der Waals surface area contributed by atoms with Crippen LogP contribution in [0.2, 0.25) is 0 Å². The van der Waals surface area contributed by atoms with Crippen LogP contribution >= 0.6 is 0 Å². The number of amides is 3. The number of rotatable bonds is 4. The van der Waals surface area contributed by atoms with E-state index in [1.165, 1.54) is 11.1 Å². The minimum absolute atomic E-state index is 0.0229. The number of nitrogens with zero attached hydrogens (tertiary/aromatic N) is 6. The number of hydrogen-bond donors (Lipinski definition) is 1. The van der Waals surface area contributed by atoms with Crippen molar-refractivity contribution in [3.63, 3.8) is 0 Å². The van der Waals surface area contributed by atoms with E-state index in [-0.39, 0.29) is 37.9 Å². The maximum atomic E-state index is 13.9. The lowest BCUT2D eigenvalue weighted by Gasteiger charge is -2.43. The lowest BCUT2D eigenvalue weighted by atomic mass is 9.85. The van der Waals surface area contributed by atoms with Crippen molar-refractivity contribution in [2.75, 3.05) is 37.7 Å². The molecular formula is C27H28F3N7O3. The summed E-state index contributed by atoms with van der Waals surface area (Å²) in [7, 11) is 0. The number of para-hydroxylation sites is 1. The average Bonchev–Trinajstić information content (AvgIpc) is 3.69. The van der Waals surface area contributed by atoms with Crippen molar-refractivity contribution >= 4 is 34.4 Å². The van der Waals surface area contributed by atoms with Gasteiger partial charge in [-0.05, 0) is 43.9 Å². The molecule has 3 fully saturated rings. The summed E-state index contributed by atoms with van der Waals surface area (Å²) >= 11 is 0. The van der Waals surface area contributed by atoms with Crippen LogP contribution in [-0.4, -0.2) is 98.2 Å². The number of benzene rings is 1. The number of fused-ring (bicyclic) bond motifs is 1. The number of hydrogen-bond acceptors (Lipinski definition) is 6. The molecule has 1 N–H and O–H groups in total. The van der Waals surface area contributed by atoms with Crippen LogP contribution in [0.5, 0.6) is 0 Å². The van der Waals surface area contributed by atoms with Crippen molar-refractivity contribution < 1.29 is 27.6 Å². The summed E-state index contributed by atoms with van der Waals surface area (Å²) in [5.74, 6) is -1.21. The van der Waals surface area contributed by atoms with Gasteiger partial charge in [0.25, 0.3) is 11.8 Å². The van der Waals surface area contributed by atoms with Crippen LogP contribution in [0, 0.1) is 0 Å². The van der Waals surface area contributed by atoms with Crippen molar-refractivity contribution in [3.05, 3.63) is 54.4 Å². The molecule has 0 aliphatic carbocycles. The summed E-state index contributed by atoms with van der Waals surface area (Å²) < 4.78 is 40.5. The predicted molar refractivity (Wildman–Crippen MR) is 138 cm³/mol. The van der Waals surface area contributed by atoms with E-state index in [0.717, 1.165) is 10.6 Å². The highest BCUT2D eigenvalue weighted by Gasteiger charge is 2.55. The summed E-state index contributed by atoms with van der Waals surface area (Å²) in [4.78, 5) is 50.3. The van der Waals surface area contributed by atoms with Crippen molar-refractivity contribution in [1.29, 1.82) is 0 Å². The quantitative estimate of drug-likeness (QED) is 0.531. The number of halogens is 3. The summed E-state index contributed by atoms with van der Waals surface area (Å²) in [6.45, 7) is 0.265. The van der Waals surface area contributed by atoms with Crippen LogP contribution in [0.25, 0.3) is 11.0 Å². The van der Waals surface area contributed by atoms with E-state index in [0.29, 0.717) is 42.5 Å². The third kappa shape index (κ3) is 4.42. The van der Waals surface area contributed by atoms with E-state index in [1.807, 2.05) is 35.2 Å². The minimum Gasteiger partial charge on any atom is -0.339 e. The maximum absolute atomic E-state index is 13.9. The van der Waals surface area contributed by atoms with Crippen LogP contribution in [0.1, 0.15) is 36.0 Å². The van der Waals surface area contributed by atoms with Gasteiger partial charge in [-0.25, -0.2) is 4.98 Å². The van der Waals surface area contributed by atoms with E-state index in [9.17, 15) is 27.6 Å². The van der Waals surface area contributed by atoms with Crippen molar-refractivity contribution in [3.8, 4) is 0 Å². The molecule has 0 saturated carbocycles. The van der Waals surface area contributed by atoms with E-state index in [4.69, 9.17) is 0 Å². The predicted octanol–water partition coefficient (Wildman–Crippen LogP) is 2.79. The molecule has 3 aromatic rings. The molecule has 3 amide bonds. The van der Waals surface area contributed by atoms with E-state index in [1.54, 1.807) is 17.2 Å². The molecule has 0 unspecified atom stereocenters. The molecule has 1 aromatic carbocycles. The zero-order valence-electron chi connectivity index (χ0n) is 21.6. The second-order valence-corrected chi connectivity index (χ2v) is 10.6. The number of pyridine rings is 1. The number of alkyl halides is 3. The Morgan fingerprint density at radius 3 is 2.55 bits per heavy atom. The van der Waals surface area contributed by atoms with Gasteiger partial charge in [-0.3, -0.25) is 19.5 Å². The average molecular weight is 556 g/mol. The number of likely N-dealkylation sites (tertiary alicyclic amines) is 2. The van der Waals surface area contributed by atoms with Crippen LogP contribution < -0.4 is 4.90 Å². The zero-order valence-corrected chi connectivity index (χ0v) is 21.6. The van der Waals surface area contributed by atoms with Gasteiger partial charge < -0.3 is 19.6 Å². The largest absolute Gasteiger partial charge is 0.408 e. The normalized spacial score (nSPS) is 21.2. The molecule has 13 heteroatoms. The second-order valence-electron chi connectivity index (χ2n) is 10.6. The highest BCUT2D eigenvalue weighted by molar-refractivity contribution is 5.98. The molecule has 1 spiro atoms. The fourth-order valence-electron chi connectivity index (χ4n) is 6.20. The summed E-state index contributed by atoms with van der Waals surface area (Å²) in [5, 5.41) is 7.40. The Balaban J connectivity index is 1.21. The number of carbonyl (C=O) groups excluding carboxylic acids is 3. The Hall–Kier alpha value is -4.16. The van der Waals surface area contributed by atoms with Crippen molar-refractivity contribution in [1.82, 2.24) is 29.9 Å². The first-order chi connectivity index (χ1) is 19.2. The summed E-state index contributed by atoms with van der Waals surface area (Å²) in [6.07, 6.45) is -0.651. The van der Waals surface area contributed by atoms with Gasteiger partial charge in [0, 0.05) is 36.9 Å². The number of aromatic nitrogens is 3. The van der Waals surface area contributed by atoms with E-state index in [2.05, 4.69) is 15.2 Å². The number of anilines is 1. The Morgan fingerprint density at radius 2 is 1.82 bits per heavy atom. The van der Waals surface area contributed by atoms with Gasteiger partial charge in [0.2, 0.25) is 5.91 Å². The SMILES string of the molecule is O=C(c1cnc2[nH]ncc2c1)N1CCC2(CC1)C(=O)N(CC(=O)N1CCC[C@@H]1C(F)(F)F)CN2c1ccccc1. The van der Waals surface area contributed by atoms with E-state index >= 15 is 0 Å². The van der Waals surface area contributed by atoms with Gasteiger partial charge in [0.05, 0.1) is 18.4 Å². The molecular weight excluding hydrogens is 527 g/mol. The second kappa shape index (κ2) is 9.79. The highest BCUT2D eigenvalue weighted by atomic mass is 19.4. The Morgan fingerprint density at radius 1 is 1.07 bits per heavy atom. The Bertz CT molecular complexity index is 1440.